The minimum atomic E-state index is -1.06. The molecule has 1 saturated carbocycles. The molecule has 20 heavy (non-hydrogen) atoms. The first-order valence-electron chi connectivity index (χ1n) is 6.23. The van der Waals surface area contributed by atoms with Crippen LogP contribution in [0.1, 0.15) is 19.3 Å². The summed E-state index contributed by atoms with van der Waals surface area (Å²) in [6.45, 7) is 0. The van der Waals surface area contributed by atoms with Crippen molar-refractivity contribution in [2.45, 2.75) is 25.3 Å². The molecule has 1 fully saturated rings. The average molecular weight is 284 g/mol. The van der Waals surface area contributed by atoms with Crippen LogP contribution < -0.4 is 10.6 Å². The lowest BCUT2D eigenvalue weighted by Crippen LogP contribution is -2.42. The van der Waals surface area contributed by atoms with Gasteiger partial charge in [-0.25, -0.2) is 13.6 Å². The van der Waals surface area contributed by atoms with E-state index in [1.165, 1.54) is 6.07 Å². The lowest BCUT2D eigenvalue weighted by molar-refractivity contribution is -0.142. The van der Waals surface area contributed by atoms with Crippen LogP contribution in [0.15, 0.2) is 18.2 Å². The largest absolute Gasteiger partial charge is 0.481 e. The topological polar surface area (TPSA) is 78.4 Å². The highest BCUT2D eigenvalue weighted by Gasteiger charge is 2.33. The number of nitrogens with one attached hydrogen (secondary N) is 2. The molecule has 0 bridgehead atoms. The van der Waals surface area contributed by atoms with Gasteiger partial charge in [0.1, 0.15) is 0 Å². The van der Waals surface area contributed by atoms with Gasteiger partial charge in [-0.3, -0.25) is 4.79 Å². The number of carboxylic acids is 1. The van der Waals surface area contributed by atoms with Crippen LogP contribution in [0.4, 0.5) is 19.3 Å². The summed E-state index contributed by atoms with van der Waals surface area (Å²) in [4.78, 5) is 22.7. The number of aliphatic carboxylic acids is 1. The molecule has 0 saturated heterocycles. The highest BCUT2D eigenvalue weighted by Crippen LogP contribution is 2.25. The summed E-state index contributed by atoms with van der Waals surface area (Å²) in [5.41, 5.74) is 0.103. The number of hydrogen-bond donors (Lipinski definition) is 3. The average Bonchev–Trinajstić information content (AvgIpc) is 2.82. The fraction of sp³-hybridized carbons (Fsp3) is 0.385. The van der Waals surface area contributed by atoms with Gasteiger partial charge in [0.15, 0.2) is 11.6 Å². The zero-order valence-electron chi connectivity index (χ0n) is 10.5. The second-order valence-electron chi connectivity index (χ2n) is 4.71. The molecule has 0 heterocycles. The second kappa shape index (κ2) is 5.85. The fourth-order valence-electron chi connectivity index (χ4n) is 2.34. The molecule has 2 amide bonds. The predicted octanol–water partition coefficient (Wildman–Crippen LogP) is 2.34. The number of halogens is 2. The van der Waals surface area contributed by atoms with E-state index in [-0.39, 0.29) is 5.69 Å². The van der Waals surface area contributed by atoms with Gasteiger partial charge in [0.2, 0.25) is 0 Å². The van der Waals surface area contributed by atoms with Crippen molar-refractivity contribution < 1.29 is 23.5 Å². The van der Waals surface area contributed by atoms with Gasteiger partial charge in [0.25, 0.3) is 0 Å². The van der Waals surface area contributed by atoms with Crippen LogP contribution >= 0.6 is 0 Å². The molecule has 0 aromatic heterocycles. The van der Waals surface area contributed by atoms with E-state index in [1.807, 2.05) is 0 Å². The number of amides is 2. The molecule has 0 spiro atoms. The van der Waals surface area contributed by atoms with Crippen LogP contribution in [0.3, 0.4) is 0 Å². The molecule has 0 radical (unpaired) electrons. The monoisotopic (exact) mass is 284 g/mol. The number of benzene rings is 1. The lowest BCUT2D eigenvalue weighted by Gasteiger charge is -2.18. The van der Waals surface area contributed by atoms with Gasteiger partial charge in [-0.15, -0.1) is 0 Å². The van der Waals surface area contributed by atoms with E-state index in [1.54, 1.807) is 0 Å². The molecule has 0 aliphatic heterocycles. The summed E-state index contributed by atoms with van der Waals surface area (Å²) in [7, 11) is 0. The van der Waals surface area contributed by atoms with Crippen LogP contribution in [0.2, 0.25) is 0 Å². The Balaban J connectivity index is 1.95. The maximum Gasteiger partial charge on any atom is 0.319 e. The van der Waals surface area contributed by atoms with Crippen LogP contribution in [-0.4, -0.2) is 23.1 Å². The van der Waals surface area contributed by atoms with E-state index >= 15 is 0 Å². The lowest BCUT2D eigenvalue weighted by atomic mass is 10.0. The molecule has 7 heteroatoms. The molecule has 3 N–H and O–H groups in total. The second-order valence-corrected chi connectivity index (χ2v) is 4.71. The smallest absolute Gasteiger partial charge is 0.319 e. The molecule has 2 unspecified atom stereocenters. The SMILES string of the molecule is O=C(Nc1ccc(F)c(F)c1)NC1CCCC1C(=O)O. The van der Waals surface area contributed by atoms with Crippen molar-refractivity contribution in [2.24, 2.45) is 5.92 Å². The molecular formula is C13H14F2N2O3. The van der Waals surface area contributed by atoms with Gasteiger partial charge in [-0.1, -0.05) is 6.42 Å². The molecular weight excluding hydrogens is 270 g/mol. The Hall–Kier alpha value is -2.18. The highest BCUT2D eigenvalue weighted by atomic mass is 19.2. The van der Waals surface area contributed by atoms with Crippen LogP contribution in [-0.2, 0) is 4.79 Å². The van der Waals surface area contributed by atoms with Gasteiger partial charge in [-0.2, -0.15) is 0 Å². The van der Waals surface area contributed by atoms with E-state index in [4.69, 9.17) is 5.11 Å². The number of carbonyl (C=O) groups excluding carboxylic acids is 1. The molecule has 1 aliphatic rings. The molecule has 1 aromatic carbocycles. The van der Waals surface area contributed by atoms with Gasteiger partial charge in [0, 0.05) is 17.8 Å². The summed E-state index contributed by atoms with van der Waals surface area (Å²) < 4.78 is 25.7. The Bertz CT molecular complexity index is 536. The predicted molar refractivity (Wildman–Crippen MR) is 67.3 cm³/mol. The number of carbonyl (C=O) groups is 2. The van der Waals surface area contributed by atoms with Crippen molar-refractivity contribution in [3.8, 4) is 0 Å². The van der Waals surface area contributed by atoms with Crippen LogP contribution in [0, 0.1) is 17.6 Å². The zero-order valence-corrected chi connectivity index (χ0v) is 10.5. The zero-order chi connectivity index (χ0) is 14.7. The number of carboxylic acid groups (broad SMARTS) is 1. The van der Waals surface area contributed by atoms with Gasteiger partial charge >= 0.3 is 12.0 Å². The number of urea groups is 1. The summed E-state index contributed by atoms with van der Waals surface area (Å²) in [5, 5.41) is 13.9. The van der Waals surface area contributed by atoms with Gasteiger partial charge in [-0.05, 0) is 25.0 Å². The number of anilines is 1. The van der Waals surface area contributed by atoms with Crippen molar-refractivity contribution in [1.82, 2.24) is 5.32 Å². The van der Waals surface area contributed by atoms with E-state index in [2.05, 4.69) is 10.6 Å². The van der Waals surface area contributed by atoms with Gasteiger partial charge in [0.05, 0.1) is 5.92 Å². The minimum absolute atomic E-state index is 0.103. The van der Waals surface area contributed by atoms with Crippen molar-refractivity contribution in [1.29, 1.82) is 0 Å². The summed E-state index contributed by atoms with van der Waals surface area (Å²) in [6, 6.07) is 1.91. The quantitative estimate of drug-likeness (QED) is 0.797. The fourth-order valence-corrected chi connectivity index (χ4v) is 2.34. The third-order valence-corrected chi connectivity index (χ3v) is 3.33. The molecule has 2 rings (SSSR count). The van der Waals surface area contributed by atoms with E-state index < -0.39 is 35.6 Å². The van der Waals surface area contributed by atoms with Crippen molar-refractivity contribution in [2.75, 3.05) is 5.32 Å². The molecule has 5 nitrogen and oxygen atoms in total. The van der Waals surface area contributed by atoms with Crippen LogP contribution in [0.5, 0.6) is 0 Å². The van der Waals surface area contributed by atoms with E-state index in [0.29, 0.717) is 12.8 Å². The molecule has 1 aromatic rings. The normalized spacial score (nSPS) is 21.5. The third-order valence-electron chi connectivity index (χ3n) is 3.33. The maximum atomic E-state index is 13.0. The van der Waals surface area contributed by atoms with Crippen LogP contribution in [0.25, 0.3) is 0 Å². The highest BCUT2D eigenvalue weighted by molar-refractivity contribution is 5.89. The van der Waals surface area contributed by atoms with Crippen molar-refractivity contribution >= 4 is 17.7 Å². The first kappa shape index (κ1) is 14.2. The Labute approximate surface area is 114 Å². The minimum Gasteiger partial charge on any atom is -0.481 e. The summed E-state index contributed by atoms with van der Waals surface area (Å²) >= 11 is 0. The maximum absolute atomic E-state index is 13.0. The van der Waals surface area contributed by atoms with Gasteiger partial charge < -0.3 is 15.7 Å². The molecule has 2 atom stereocenters. The standard InChI is InChI=1S/C13H14F2N2O3/c14-9-5-4-7(6-10(9)15)16-13(20)17-11-3-1-2-8(11)12(18)19/h4-6,8,11H,1-3H2,(H,18,19)(H2,16,17,20). The molecule has 108 valence electrons. The first-order valence-corrected chi connectivity index (χ1v) is 6.23. The Morgan fingerprint density at radius 3 is 2.60 bits per heavy atom. The van der Waals surface area contributed by atoms with Crippen molar-refractivity contribution in [3.63, 3.8) is 0 Å². The number of hydrogen-bond acceptors (Lipinski definition) is 2. The first-order chi connectivity index (χ1) is 9.47. The Morgan fingerprint density at radius 2 is 1.95 bits per heavy atom. The summed E-state index contributed by atoms with van der Waals surface area (Å²) in [5.74, 6) is -3.61. The van der Waals surface area contributed by atoms with E-state index in [0.717, 1.165) is 18.6 Å². The van der Waals surface area contributed by atoms with E-state index in [9.17, 15) is 18.4 Å². The summed E-state index contributed by atoms with van der Waals surface area (Å²) in [6.07, 6.45) is 1.83. The third kappa shape index (κ3) is 3.23. The van der Waals surface area contributed by atoms with Crippen molar-refractivity contribution in [3.05, 3.63) is 29.8 Å². The molecule has 1 aliphatic carbocycles. The Kier molecular flexibility index (Phi) is 4.16. The Morgan fingerprint density at radius 1 is 1.20 bits per heavy atom. The number of rotatable bonds is 3.